The van der Waals surface area contributed by atoms with Crippen LogP contribution in [0.3, 0.4) is 0 Å². The van der Waals surface area contributed by atoms with Crippen molar-refractivity contribution in [3.8, 4) is 6.07 Å². The van der Waals surface area contributed by atoms with E-state index in [1.165, 1.54) is 0 Å². The first-order valence-electron chi connectivity index (χ1n) is 6.60. The summed E-state index contributed by atoms with van der Waals surface area (Å²) in [4.78, 5) is 12.1. The summed E-state index contributed by atoms with van der Waals surface area (Å²) in [6.45, 7) is 0.216. The predicted octanol–water partition coefficient (Wildman–Crippen LogP) is 3.15. The van der Waals surface area contributed by atoms with Crippen molar-refractivity contribution in [2.45, 2.75) is 6.54 Å². The molecule has 21 heavy (non-hydrogen) atoms. The molecule has 3 aromatic rings. The molecule has 102 valence electrons. The highest BCUT2D eigenvalue weighted by molar-refractivity contribution is 5.92. The Kier molecular flexibility index (Phi) is 3.40. The molecule has 0 aliphatic rings. The van der Waals surface area contributed by atoms with E-state index in [0.717, 1.165) is 16.6 Å². The molecule has 0 bridgehead atoms. The number of hydrogen-bond donors (Lipinski definition) is 1. The summed E-state index contributed by atoms with van der Waals surface area (Å²) in [5.74, 6) is -0.0962. The van der Waals surface area contributed by atoms with Gasteiger partial charge in [0.15, 0.2) is 0 Å². The van der Waals surface area contributed by atoms with Crippen LogP contribution in [-0.4, -0.2) is 10.5 Å². The Balaban J connectivity index is 1.81. The van der Waals surface area contributed by atoms with Gasteiger partial charge in [0.25, 0.3) is 0 Å². The molecule has 0 unspecified atom stereocenters. The van der Waals surface area contributed by atoms with Crippen LogP contribution in [0.5, 0.6) is 0 Å². The minimum absolute atomic E-state index is 0.0962. The molecule has 1 aromatic heterocycles. The molecule has 3 rings (SSSR count). The summed E-state index contributed by atoms with van der Waals surface area (Å²) in [6, 6.07) is 18.9. The van der Waals surface area contributed by atoms with Gasteiger partial charge in [-0.15, -0.1) is 0 Å². The van der Waals surface area contributed by atoms with Crippen molar-refractivity contribution < 1.29 is 4.79 Å². The fourth-order valence-electron chi connectivity index (χ4n) is 2.27. The zero-order chi connectivity index (χ0) is 14.7. The molecule has 0 aliphatic heterocycles. The topological polar surface area (TPSA) is 57.8 Å². The molecule has 4 nitrogen and oxygen atoms in total. The van der Waals surface area contributed by atoms with Crippen LogP contribution in [0.25, 0.3) is 10.9 Å². The standard InChI is InChI=1S/C17H13N3O/c18-11-13-6-7-14-8-9-20(16(14)10-13)12-17(21)19-15-4-2-1-3-5-15/h1-10H,12H2,(H,19,21). The van der Waals surface area contributed by atoms with E-state index in [1.54, 1.807) is 12.1 Å². The molecule has 1 N–H and O–H groups in total. The summed E-state index contributed by atoms with van der Waals surface area (Å²) in [6.07, 6.45) is 1.86. The highest BCUT2D eigenvalue weighted by atomic mass is 16.1. The number of amides is 1. The average Bonchev–Trinajstić information content (AvgIpc) is 2.90. The normalized spacial score (nSPS) is 10.2. The van der Waals surface area contributed by atoms with Crippen molar-refractivity contribution in [2.75, 3.05) is 5.32 Å². The third kappa shape index (κ3) is 2.77. The molecular formula is C17H13N3O. The minimum atomic E-state index is -0.0962. The smallest absolute Gasteiger partial charge is 0.244 e. The monoisotopic (exact) mass is 275 g/mol. The Morgan fingerprint density at radius 2 is 1.95 bits per heavy atom. The zero-order valence-electron chi connectivity index (χ0n) is 11.3. The number of hydrogen-bond acceptors (Lipinski definition) is 2. The van der Waals surface area contributed by atoms with Crippen molar-refractivity contribution in [2.24, 2.45) is 0 Å². The minimum Gasteiger partial charge on any atom is -0.338 e. The number of rotatable bonds is 3. The predicted molar refractivity (Wildman–Crippen MR) is 81.7 cm³/mol. The van der Waals surface area contributed by atoms with E-state index < -0.39 is 0 Å². The van der Waals surface area contributed by atoms with Gasteiger partial charge >= 0.3 is 0 Å². The Morgan fingerprint density at radius 1 is 1.14 bits per heavy atom. The van der Waals surface area contributed by atoms with Crippen molar-refractivity contribution in [1.29, 1.82) is 5.26 Å². The Hall–Kier alpha value is -3.06. The van der Waals surface area contributed by atoms with Crippen LogP contribution in [-0.2, 0) is 11.3 Å². The highest BCUT2D eigenvalue weighted by Gasteiger charge is 2.07. The van der Waals surface area contributed by atoms with Gasteiger partial charge in [-0.1, -0.05) is 24.3 Å². The molecule has 1 heterocycles. The number of carbonyl (C=O) groups excluding carboxylic acids is 1. The molecule has 2 aromatic carbocycles. The maximum absolute atomic E-state index is 12.1. The quantitative estimate of drug-likeness (QED) is 0.798. The van der Waals surface area contributed by atoms with E-state index in [9.17, 15) is 4.79 Å². The molecule has 0 fully saturated rings. The zero-order valence-corrected chi connectivity index (χ0v) is 11.3. The van der Waals surface area contributed by atoms with Crippen LogP contribution in [0.15, 0.2) is 60.8 Å². The van der Waals surface area contributed by atoms with Gasteiger partial charge in [0, 0.05) is 17.4 Å². The molecule has 0 atom stereocenters. The van der Waals surface area contributed by atoms with Crippen LogP contribution in [0.2, 0.25) is 0 Å². The molecule has 0 aliphatic carbocycles. The van der Waals surface area contributed by atoms with E-state index in [2.05, 4.69) is 11.4 Å². The van der Waals surface area contributed by atoms with E-state index in [0.29, 0.717) is 5.56 Å². The number of nitrogens with one attached hydrogen (secondary N) is 1. The van der Waals surface area contributed by atoms with Crippen LogP contribution < -0.4 is 5.32 Å². The molecule has 0 saturated carbocycles. The fraction of sp³-hybridized carbons (Fsp3) is 0.0588. The third-order valence-electron chi connectivity index (χ3n) is 3.27. The second-order valence-electron chi connectivity index (χ2n) is 4.74. The molecular weight excluding hydrogens is 262 g/mol. The Bertz CT molecular complexity index is 828. The Labute approximate surface area is 122 Å². The number of nitrogens with zero attached hydrogens (tertiary/aromatic N) is 2. The molecule has 0 spiro atoms. The van der Waals surface area contributed by atoms with Crippen molar-refractivity contribution in [3.63, 3.8) is 0 Å². The van der Waals surface area contributed by atoms with Gasteiger partial charge in [0.05, 0.1) is 11.6 Å². The first-order chi connectivity index (χ1) is 10.3. The lowest BCUT2D eigenvalue weighted by Crippen LogP contribution is -2.18. The number of benzene rings is 2. The first-order valence-corrected chi connectivity index (χ1v) is 6.60. The Morgan fingerprint density at radius 3 is 2.71 bits per heavy atom. The number of carbonyl (C=O) groups is 1. The summed E-state index contributed by atoms with van der Waals surface area (Å²) in [7, 11) is 0. The summed E-state index contributed by atoms with van der Waals surface area (Å²) in [5, 5.41) is 12.8. The second-order valence-corrected chi connectivity index (χ2v) is 4.74. The van der Waals surface area contributed by atoms with E-state index in [4.69, 9.17) is 5.26 Å². The van der Waals surface area contributed by atoms with Gasteiger partial charge in [-0.05, 0) is 35.7 Å². The van der Waals surface area contributed by atoms with Crippen LogP contribution >= 0.6 is 0 Å². The summed E-state index contributed by atoms with van der Waals surface area (Å²) < 4.78 is 1.84. The van der Waals surface area contributed by atoms with Gasteiger partial charge in [0.2, 0.25) is 5.91 Å². The lowest BCUT2D eigenvalue weighted by atomic mass is 10.2. The van der Waals surface area contributed by atoms with E-state index in [-0.39, 0.29) is 12.5 Å². The van der Waals surface area contributed by atoms with Crippen molar-refractivity contribution in [3.05, 3.63) is 66.4 Å². The van der Waals surface area contributed by atoms with Crippen molar-refractivity contribution in [1.82, 2.24) is 4.57 Å². The van der Waals surface area contributed by atoms with Gasteiger partial charge in [-0.2, -0.15) is 5.26 Å². The van der Waals surface area contributed by atoms with Crippen LogP contribution in [0, 0.1) is 11.3 Å². The maximum Gasteiger partial charge on any atom is 0.244 e. The molecule has 0 radical (unpaired) electrons. The number of para-hydroxylation sites is 1. The molecule has 4 heteroatoms. The molecule has 1 amide bonds. The second kappa shape index (κ2) is 5.51. The van der Waals surface area contributed by atoms with E-state index >= 15 is 0 Å². The summed E-state index contributed by atoms with van der Waals surface area (Å²) in [5.41, 5.74) is 2.25. The molecule has 0 saturated heterocycles. The van der Waals surface area contributed by atoms with Crippen LogP contribution in [0.1, 0.15) is 5.56 Å². The lowest BCUT2D eigenvalue weighted by Gasteiger charge is -2.07. The van der Waals surface area contributed by atoms with E-state index in [1.807, 2.05) is 53.2 Å². The van der Waals surface area contributed by atoms with Crippen LogP contribution in [0.4, 0.5) is 5.69 Å². The third-order valence-corrected chi connectivity index (χ3v) is 3.27. The number of aromatic nitrogens is 1. The van der Waals surface area contributed by atoms with Gasteiger partial charge in [-0.25, -0.2) is 0 Å². The number of fused-ring (bicyclic) bond motifs is 1. The highest BCUT2D eigenvalue weighted by Crippen LogP contribution is 2.17. The largest absolute Gasteiger partial charge is 0.338 e. The summed E-state index contributed by atoms with van der Waals surface area (Å²) >= 11 is 0. The average molecular weight is 275 g/mol. The SMILES string of the molecule is N#Cc1ccc2ccn(CC(=O)Nc3ccccc3)c2c1. The fourth-order valence-corrected chi connectivity index (χ4v) is 2.27. The lowest BCUT2D eigenvalue weighted by molar-refractivity contribution is -0.116. The van der Waals surface area contributed by atoms with Gasteiger partial charge in [-0.3, -0.25) is 4.79 Å². The maximum atomic E-state index is 12.1. The van der Waals surface area contributed by atoms with Gasteiger partial charge in [0.1, 0.15) is 6.54 Å². The number of nitriles is 1. The first kappa shape index (κ1) is 12.9. The number of anilines is 1. The van der Waals surface area contributed by atoms with Gasteiger partial charge < -0.3 is 9.88 Å². The van der Waals surface area contributed by atoms with Crippen molar-refractivity contribution >= 4 is 22.5 Å².